The van der Waals surface area contributed by atoms with Crippen molar-refractivity contribution in [3.8, 4) is 17.3 Å². The molecule has 0 atom stereocenters. The Morgan fingerprint density at radius 2 is 1.89 bits per heavy atom. The number of anilines is 1. The molecule has 0 fully saturated rings. The highest BCUT2D eigenvalue weighted by Gasteiger charge is 2.19. The monoisotopic (exact) mass is 252 g/mol. The molecule has 0 aliphatic carbocycles. The lowest BCUT2D eigenvalue weighted by molar-refractivity contribution is 0.547. The van der Waals surface area contributed by atoms with Gasteiger partial charge in [0.05, 0.1) is 17.3 Å². The Bertz CT molecular complexity index is 648. The van der Waals surface area contributed by atoms with Crippen LogP contribution in [0.25, 0.3) is 11.3 Å². The van der Waals surface area contributed by atoms with Gasteiger partial charge >= 0.3 is 0 Å². The van der Waals surface area contributed by atoms with Crippen molar-refractivity contribution in [3.63, 3.8) is 0 Å². The van der Waals surface area contributed by atoms with E-state index in [-0.39, 0.29) is 5.41 Å². The summed E-state index contributed by atoms with van der Waals surface area (Å²) < 4.78 is 0. The Labute approximate surface area is 112 Å². The normalized spacial score (nSPS) is 11.1. The molecule has 2 N–H and O–H groups in total. The minimum absolute atomic E-state index is 0.170. The van der Waals surface area contributed by atoms with Gasteiger partial charge in [-0.25, -0.2) is 9.97 Å². The van der Waals surface area contributed by atoms with Crippen molar-refractivity contribution in [1.29, 1.82) is 5.26 Å². The van der Waals surface area contributed by atoms with Gasteiger partial charge < -0.3 is 5.73 Å². The molecule has 0 amide bonds. The van der Waals surface area contributed by atoms with E-state index in [2.05, 4.69) is 16.0 Å². The number of benzene rings is 1. The van der Waals surface area contributed by atoms with Crippen molar-refractivity contribution in [1.82, 2.24) is 9.97 Å². The van der Waals surface area contributed by atoms with Crippen molar-refractivity contribution in [2.24, 2.45) is 0 Å². The zero-order chi connectivity index (χ0) is 14.0. The highest BCUT2D eigenvalue weighted by Crippen LogP contribution is 2.24. The Balaban J connectivity index is 2.57. The largest absolute Gasteiger partial charge is 0.384 e. The summed E-state index contributed by atoms with van der Waals surface area (Å²) in [5, 5.41) is 8.94. The molecule has 0 saturated heterocycles. The first-order chi connectivity index (χ1) is 8.90. The van der Waals surface area contributed by atoms with Crippen molar-refractivity contribution in [2.75, 3.05) is 5.73 Å². The molecule has 0 unspecified atom stereocenters. The van der Waals surface area contributed by atoms with Gasteiger partial charge in [0, 0.05) is 17.0 Å². The minimum Gasteiger partial charge on any atom is -0.384 e. The second-order valence-corrected chi connectivity index (χ2v) is 5.44. The van der Waals surface area contributed by atoms with Crippen molar-refractivity contribution in [3.05, 3.63) is 41.7 Å². The third-order valence-corrected chi connectivity index (χ3v) is 2.70. The van der Waals surface area contributed by atoms with Crippen LogP contribution in [0.3, 0.4) is 0 Å². The van der Waals surface area contributed by atoms with E-state index in [1.165, 1.54) is 0 Å². The summed E-state index contributed by atoms with van der Waals surface area (Å²) in [7, 11) is 0. The van der Waals surface area contributed by atoms with Crippen molar-refractivity contribution >= 4 is 5.82 Å². The summed E-state index contributed by atoms with van der Waals surface area (Å²) >= 11 is 0. The lowest BCUT2D eigenvalue weighted by Crippen LogP contribution is -2.17. The highest BCUT2D eigenvalue weighted by atomic mass is 15.0. The maximum Gasteiger partial charge on any atom is 0.136 e. The Kier molecular flexibility index (Phi) is 3.22. The van der Waals surface area contributed by atoms with Gasteiger partial charge in [0.15, 0.2) is 0 Å². The molecule has 0 saturated carbocycles. The van der Waals surface area contributed by atoms with E-state index >= 15 is 0 Å². The third kappa shape index (κ3) is 2.89. The van der Waals surface area contributed by atoms with Crippen LogP contribution in [0.4, 0.5) is 5.82 Å². The average molecular weight is 252 g/mol. The second-order valence-electron chi connectivity index (χ2n) is 5.44. The summed E-state index contributed by atoms with van der Waals surface area (Å²) in [6, 6.07) is 11.2. The molecule has 4 heteroatoms. The third-order valence-electron chi connectivity index (χ3n) is 2.70. The number of hydrogen-bond donors (Lipinski definition) is 1. The van der Waals surface area contributed by atoms with Crippen molar-refractivity contribution in [2.45, 2.75) is 26.2 Å². The van der Waals surface area contributed by atoms with E-state index in [9.17, 15) is 0 Å². The highest BCUT2D eigenvalue weighted by molar-refractivity contribution is 5.63. The first kappa shape index (κ1) is 13.0. The molecule has 2 rings (SSSR count). The Morgan fingerprint density at radius 3 is 2.53 bits per heavy atom. The lowest BCUT2D eigenvalue weighted by Gasteiger charge is -2.17. The van der Waals surface area contributed by atoms with Gasteiger partial charge in [0.1, 0.15) is 11.6 Å². The molecule has 96 valence electrons. The van der Waals surface area contributed by atoms with E-state index in [0.29, 0.717) is 17.2 Å². The molecule has 1 aromatic carbocycles. The quantitative estimate of drug-likeness (QED) is 0.846. The molecule has 0 bridgehead atoms. The van der Waals surface area contributed by atoms with Crippen LogP contribution in [-0.4, -0.2) is 9.97 Å². The predicted octanol–water partition coefficient (Wildman–Crippen LogP) is 2.89. The topological polar surface area (TPSA) is 75.6 Å². The maximum atomic E-state index is 8.94. The van der Waals surface area contributed by atoms with E-state index < -0.39 is 0 Å². The van der Waals surface area contributed by atoms with Gasteiger partial charge in [-0.3, -0.25) is 0 Å². The molecule has 0 aliphatic heterocycles. The van der Waals surface area contributed by atoms with Crippen LogP contribution in [-0.2, 0) is 5.41 Å². The summed E-state index contributed by atoms with van der Waals surface area (Å²) in [5.41, 5.74) is 7.90. The molecule has 4 nitrogen and oxygen atoms in total. The molecule has 1 aromatic heterocycles. The van der Waals surface area contributed by atoms with Crippen molar-refractivity contribution < 1.29 is 0 Å². The van der Waals surface area contributed by atoms with Gasteiger partial charge in [0.25, 0.3) is 0 Å². The van der Waals surface area contributed by atoms with Crippen LogP contribution in [0.15, 0.2) is 30.3 Å². The number of nitrogens with two attached hydrogens (primary N) is 1. The molecule has 0 radical (unpaired) electrons. The smallest absolute Gasteiger partial charge is 0.136 e. The number of nitrogen functional groups attached to an aromatic ring is 1. The molecular weight excluding hydrogens is 236 g/mol. The zero-order valence-corrected chi connectivity index (χ0v) is 11.3. The molecule has 2 aromatic rings. The number of hydrogen-bond acceptors (Lipinski definition) is 4. The fourth-order valence-corrected chi connectivity index (χ4v) is 1.70. The van der Waals surface area contributed by atoms with Gasteiger partial charge in [0.2, 0.25) is 0 Å². The van der Waals surface area contributed by atoms with E-state index in [0.717, 1.165) is 11.3 Å². The van der Waals surface area contributed by atoms with Gasteiger partial charge in [-0.1, -0.05) is 32.9 Å². The van der Waals surface area contributed by atoms with E-state index in [1.54, 1.807) is 18.2 Å². The predicted molar refractivity (Wildman–Crippen MR) is 75.3 cm³/mol. The lowest BCUT2D eigenvalue weighted by atomic mass is 9.95. The summed E-state index contributed by atoms with van der Waals surface area (Å²) in [6.45, 7) is 6.12. The zero-order valence-electron chi connectivity index (χ0n) is 11.3. The molecule has 19 heavy (non-hydrogen) atoms. The standard InChI is InChI=1S/C15H16N4/c1-15(2,3)14-18-12(8-13(17)19-14)11-6-4-5-10(7-11)9-16/h4-8H,1-3H3,(H2,17,18,19). The minimum atomic E-state index is -0.170. The molecule has 0 spiro atoms. The first-order valence-corrected chi connectivity index (χ1v) is 6.06. The van der Waals surface area contributed by atoms with Crippen LogP contribution in [0, 0.1) is 11.3 Å². The Morgan fingerprint density at radius 1 is 1.16 bits per heavy atom. The fourth-order valence-electron chi connectivity index (χ4n) is 1.70. The van der Waals surface area contributed by atoms with Crippen LogP contribution < -0.4 is 5.73 Å². The van der Waals surface area contributed by atoms with E-state index in [4.69, 9.17) is 11.0 Å². The fraction of sp³-hybridized carbons (Fsp3) is 0.267. The van der Waals surface area contributed by atoms with Gasteiger partial charge in [-0.15, -0.1) is 0 Å². The summed E-state index contributed by atoms with van der Waals surface area (Å²) in [5.74, 6) is 1.14. The number of nitriles is 1. The molecule has 0 aliphatic rings. The number of aromatic nitrogens is 2. The number of nitrogens with zero attached hydrogens (tertiary/aromatic N) is 3. The second kappa shape index (κ2) is 4.69. The Hall–Kier alpha value is -2.41. The van der Waals surface area contributed by atoms with Gasteiger partial charge in [-0.05, 0) is 12.1 Å². The average Bonchev–Trinajstić information content (AvgIpc) is 2.37. The van der Waals surface area contributed by atoms with Crippen LogP contribution in [0.2, 0.25) is 0 Å². The van der Waals surface area contributed by atoms with Crippen LogP contribution >= 0.6 is 0 Å². The van der Waals surface area contributed by atoms with Crippen LogP contribution in [0.5, 0.6) is 0 Å². The maximum absolute atomic E-state index is 8.94. The molecule has 1 heterocycles. The van der Waals surface area contributed by atoms with Gasteiger partial charge in [-0.2, -0.15) is 5.26 Å². The van der Waals surface area contributed by atoms with E-state index in [1.807, 2.05) is 32.9 Å². The van der Waals surface area contributed by atoms with Crippen LogP contribution in [0.1, 0.15) is 32.2 Å². The summed E-state index contributed by atoms with van der Waals surface area (Å²) in [4.78, 5) is 8.82. The SMILES string of the molecule is CC(C)(C)c1nc(N)cc(-c2cccc(C#N)c2)n1. The first-order valence-electron chi connectivity index (χ1n) is 6.06. The summed E-state index contributed by atoms with van der Waals surface area (Å²) in [6.07, 6.45) is 0. The number of rotatable bonds is 1. The molecular formula is C15H16N4.